The zero-order chi connectivity index (χ0) is 12.0. The lowest BCUT2D eigenvalue weighted by Crippen LogP contribution is -2.38. The molecule has 5 heteroatoms. The molecule has 0 saturated heterocycles. The van der Waals surface area contributed by atoms with Crippen molar-refractivity contribution in [3.63, 3.8) is 0 Å². The normalized spacial score (nSPS) is 12.5. The molecular formula is C11H15Cl2NO2. The molecule has 1 rings (SSSR count). The molecule has 1 unspecified atom stereocenters. The van der Waals surface area contributed by atoms with Gasteiger partial charge >= 0.3 is 0 Å². The molecule has 0 amide bonds. The number of aliphatic hydroxyl groups is 1. The molecule has 16 heavy (non-hydrogen) atoms. The van der Waals surface area contributed by atoms with Crippen LogP contribution in [-0.4, -0.2) is 24.5 Å². The van der Waals surface area contributed by atoms with Gasteiger partial charge in [-0.3, -0.25) is 5.32 Å². The van der Waals surface area contributed by atoms with Crippen LogP contribution in [0.3, 0.4) is 0 Å². The molecule has 0 spiro atoms. The molecule has 90 valence electrons. The molecule has 2 N–H and O–H groups in total. The highest BCUT2D eigenvalue weighted by Crippen LogP contribution is 2.27. The first-order valence-corrected chi connectivity index (χ1v) is 5.89. The SMILES string of the molecule is CCCNC(CO)Oc1ccc(Cl)cc1Cl. The smallest absolute Gasteiger partial charge is 0.173 e. The van der Waals surface area contributed by atoms with E-state index in [1.54, 1.807) is 18.2 Å². The third-order valence-electron chi connectivity index (χ3n) is 1.95. The first-order chi connectivity index (χ1) is 7.67. The second-order valence-electron chi connectivity index (χ2n) is 3.32. The molecule has 0 bridgehead atoms. The number of benzene rings is 1. The van der Waals surface area contributed by atoms with Crippen molar-refractivity contribution in [3.05, 3.63) is 28.2 Å². The number of hydrogen-bond donors (Lipinski definition) is 2. The minimum atomic E-state index is -0.446. The summed E-state index contributed by atoms with van der Waals surface area (Å²) in [6.45, 7) is 2.70. The second-order valence-corrected chi connectivity index (χ2v) is 4.16. The standard InChI is InChI=1S/C11H15Cl2NO2/c1-2-5-14-11(7-15)16-10-4-3-8(12)6-9(10)13/h3-4,6,11,14-15H,2,5,7H2,1H3. The first kappa shape index (κ1) is 13.6. The summed E-state index contributed by atoms with van der Waals surface area (Å²) in [6, 6.07) is 4.98. The minimum Gasteiger partial charge on any atom is -0.471 e. The van der Waals surface area contributed by atoms with Gasteiger partial charge in [-0.2, -0.15) is 0 Å². The molecule has 1 aromatic rings. The van der Waals surface area contributed by atoms with E-state index in [0.717, 1.165) is 13.0 Å². The topological polar surface area (TPSA) is 41.5 Å². The molecule has 1 aromatic carbocycles. The maximum Gasteiger partial charge on any atom is 0.173 e. The molecule has 0 aliphatic heterocycles. The molecule has 0 saturated carbocycles. The highest BCUT2D eigenvalue weighted by atomic mass is 35.5. The van der Waals surface area contributed by atoms with Crippen molar-refractivity contribution < 1.29 is 9.84 Å². The molecule has 1 atom stereocenters. The number of ether oxygens (including phenoxy) is 1. The Bertz CT molecular complexity index is 334. The van der Waals surface area contributed by atoms with Crippen molar-refractivity contribution in [2.75, 3.05) is 13.2 Å². The molecule has 0 heterocycles. The lowest BCUT2D eigenvalue weighted by molar-refractivity contribution is 0.0889. The van der Waals surface area contributed by atoms with Crippen LogP contribution in [0.25, 0.3) is 0 Å². The maximum absolute atomic E-state index is 9.10. The van der Waals surface area contributed by atoms with E-state index in [2.05, 4.69) is 5.32 Å². The zero-order valence-corrected chi connectivity index (χ0v) is 10.6. The summed E-state index contributed by atoms with van der Waals surface area (Å²) >= 11 is 11.7. The molecule has 0 aliphatic rings. The predicted molar refractivity (Wildman–Crippen MR) is 66.3 cm³/mol. The summed E-state index contributed by atoms with van der Waals surface area (Å²) in [7, 11) is 0. The average molecular weight is 264 g/mol. The summed E-state index contributed by atoms with van der Waals surface area (Å²) < 4.78 is 5.50. The molecule has 0 radical (unpaired) electrons. The van der Waals surface area contributed by atoms with Crippen molar-refractivity contribution in [3.8, 4) is 5.75 Å². The first-order valence-electron chi connectivity index (χ1n) is 5.13. The van der Waals surface area contributed by atoms with E-state index in [4.69, 9.17) is 33.0 Å². The van der Waals surface area contributed by atoms with Gasteiger partial charge in [-0.05, 0) is 31.2 Å². The van der Waals surface area contributed by atoms with Gasteiger partial charge in [0.15, 0.2) is 6.23 Å². The maximum atomic E-state index is 9.10. The monoisotopic (exact) mass is 263 g/mol. The Kier molecular flexibility index (Phi) is 5.91. The molecule has 0 aliphatic carbocycles. The van der Waals surface area contributed by atoms with Crippen LogP contribution in [0.15, 0.2) is 18.2 Å². The van der Waals surface area contributed by atoms with E-state index in [0.29, 0.717) is 15.8 Å². The van der Waals surface area contributed by atoms with Gasteiger partial charge in [-0.1, -0.05) is 30.1 Å². The third kappa shape index (κ3) is 4.18. The predicted octanol–water partition coefficient (Wildman–Crippen LogP) is 2.69. The molecular weight excluding hydrogens is 249 g/mol. The molecule has 0 fully saturated rings. The van der Waals surface area contributed by atoms with Gasteiger partial charge in [0.1, 0.15) is 5.75 Å². The van der Waals surface area contributed by atoms with Crippen LogP contribution in [0, 0.1) is 0 Å². The Morgan fingerprint density at radius 1 is 1.44 bits per heavy atom. The Labute approximate surface area is 105 Å². The van der Waals surface area contributed by atoms with Crippen molar-refractivity contribution in [1.29, 1.82) is 0 Å². The second kappa shape index (κ2) is 6.97. The number of hydrogen-bond acceptors (Lipinski definition) is 3. The van der Waals surface area contributed by atoms with Gasteiger partial charge in [-0.25, -0.2) is 0 Å². The number of rotatable bonds is 6. The van der Waals surface area contributed by atoms with Crippen molar-refractivity contribution in [2.45, 2.75) is 19.6 Å². The van der Waals surface area contributed by atoms with Crippen LogP contribution in [0.1, 0.15) is 13.3 Å². The summed E-state index contributed by atoms with van der Waals surface area (Å²) in [4.78, 5) is 0. The van der Waals surface area contributed by atoms with E-state index < -0.39 is 6.23 Å². The lowest BCUT2D eigenvalue weighted by atomic mass is 10.3. The summed E-state index contributed by atoms with van der Waals surface area (Å²) in [5.74, 6) is 0.508. The molecule has 3 nitrogen and oxygen atoms in total. The molecule has 0 aromatic heterocycles. The summed E-state index contributed by atoms with van der Waals surface area (Å²) in [5, 5.41) is 13.1. The van der Waals surface area contributed by atoms with Crippen LogP contribution in [0.4, 0.5) is 0 Å². The Morgan fingerprint density at radius 2 is 2.19 bits per heavy atom. The van der Waals surface area contributed by atoms with Crippen molar-refractivity contribution >= 4 is 23.2 Å². The van der Waals surface area contributed by atoms with E-state index in [1.807, 2.05) is 6.92 Å². The van der Waals surface area contributed by atoms with Crippen LogP contribution < -0.4 is 10.1 Å². The minimum absolute atomic E-state index is 0.112. The van der Waals surface area contributed by atoms with Crippen LogP contribution in [0.5, 0.6) is 5.75 Å². The van der Waals surface area contributed by atoms with Crippen molar-refractivity contribution in [2.24, 2.45) is 0 Å². The van der Waals surface area contributed by atoms with Gasteiger partial charge in [0.2, 0.25) is 0 Å². The number of aliphatic hydroxyl groups excluding tert-OH is 1. The largest absolute Gasteiger partial charge is 0.471 e. The summed E-state index contributed by atoms with van der Waals surface area (Å²) in [5.41, 5.74) is 0. The Balaban J connectivity index is 2.62. The van der Waals surface area contributed by atoms with Gasteiger partial charge < -0.3 is 9.84 Å². The number of halogens is 2. The fourth-order valence-electron chi connectivity index (χ4n) is 1.17. The van der Waals surface area contributed by atoms with E-state index in [1.165, 1.54) is 0 Å². The highest BCUT2D eigenvalue weighted by Gasteiger charge is 2.10. The van der Waals surface area contributed by atoms with Gasteiger partial charge in [0.25, 0.3) is 0 Å². The third-order valence-corrected chi connectivity index (χ3v) is 2.48. The van der Waals surface area contributed by atoms with Crippen molar-refractivity contribution in [1.82, 2.24) is 5.32 Å². The average Bonchev–Trinajstić information content (AvgIpc) is 2.27. The van der Waals surface area contributed by atoms with Crippen LogP contribution in [0.2, 0.25) is 10.0 Å². The quantitative estimate of drug-likeness (QED) is 0.776. The summed E-state index contributed by atoms with van der Waals surface area (Å²) in [6.07, 6.45) is 0.521. The van der Waals surface area contributed by atoms with Crippen LogP contribution in [-0.2, 0) is 0 Å². The van der Waals surface area contributed by atoms with E-state index in [-0.39, 0.29) is 6.61 Å². The Morgan fingerprint density at radius 3 is 2.75 bits per heavy atom. The van der Waals surface area contributed by atoms with E-state index in [9.17, 15) is 0 Å². The van der Waals surface area contributed by atoms with E-state index >= 15 is 0 Å². The fourth-order valence-corrected chi connectivity index (χ4v) is 1.63. The lowest BCUT2D eigenvalue weighted by Gasteiger charge is -2.18. The van der Waals surface area contributed by atoms with Gasteiger partial charge in [0.05, 0.1) is 11.6 Å². The zero-order valence-electron chi connectivity index (χ0n) is 9.04. The van der Waals surface area contributed by atoms with Gasteiger partial charge in [-0.15, -0.1) is 0 Å². The fraction of sp³-hybridized carbons (Fsp3) is 0.455. The highest BCUT2D eigenvalue weighted by molar-refractivity contribution is 6.35. The Hall–Kier alpha value is -0.480. The number of nitrogens with one attached hydrogen (secondary N) is 1. The van der Waals surface area contributed by atoms with Gasteiger partial charge in [0, 0.05) is 5.02 Å². The van der Waals surface area contributed by atoms with Crippen LogP contribution >= 0.6 is 23.2 Å².